The second-order valence-corrected chi connectivity index (χ2v) is 7.98. The molecule has 0 unspecified atom stereocenters. The van der Waals surface area contributed by atoms with Gasteiger partial charge >= 0.3 is 11.7 Å². The van der Waals surface area contributed by atoms with Crippen molar-refractivity contribution in [3.63, 3.8) is 0 Å². The van der Waals surface area contributed by atoms with E-state index in [1.165, 1.54) is 9.47 Å². The van der Waals surface area contributed by atoms with Gasteiger partial charge in [-0.2, -0.15) is 0 Å². The number of fused-ring (bicyclic) bond motifs is 1. The van der Waals surface area contributed by atoms with Crippen LogP contribution in [0.1, 0.15) is 18.9 Å². The summed E-state index contributed by atoms with van der Waals surface area (Å²) in [5.74, 6) is -0.931. The Bertz CT molecular complexity index is 1150. The van der Waals surface area contributed by atoms with E-state index >= 15 is 0 Å². The normalized spacial score (nSPS) is 10.9. The zero-order valence-corrected chi connectivity index (χ0v) is 19.1. The molecule has 8 nitrogen and oxygen atoms in total. The number of imidazole rings is 1. The Labute approximate surface area is 187 Å². The minimum Gasteiger partial charge on any atom is -0.454 e. The van der Waals surface area contributed by atoms with E-state index in [9.17, 15) is 14.4 Å². The SMILES string of the molecule is CCCn1c(=O)n(CC(=O)OCC(=O)N(C)Cc2ccc(N(C)C)cc2)c2ccccc21. The summed E-state index contributed by atoms with van der Waals surface area (Å²) in [4.78, 5) is 41.1. The quantitative estimate of drug-likeness (QED) is 0.480. The lowest BCUT2D eigenvalue weighted by Crippen LogP contribution is -2.32. The number of anilines is 1. The molecule has 8 heteroatoms. The number of benzene rings is 2. The number of esters is 1. The summed E-state index contributed by atoms with van der Waals surface area (Å²) in [7, 11) is 5.60. The van der Waals surface area contributed by atoms with E-state index in [0.29, 0.717) is 18.6 Å². The molecular weight excluding hydrogens is 408 g/mol. The third kappa shape index (κ3) is 5.19. The molecule has 0 atom stereocenters. The van der Waals surface area contributed by atoms with E-state index in [1.54, 1.807) is 17.7 Å². The first kappa shape index (κ1) is 23.1. The number of carbonyl (C=O) groups excluding carboxylic acids is 2. The monoisotopic (exact) mass is 438 g/mol. The van der Waals surface area contributed by atoms with Gasteiger partial charge in [0.15, 0.2) is 6.61 Å². The lowest BCUT2D eigenvalue weighted by atomic mass is 10.2. The Morgan fingerprint density at radius 3 is 2.16 bits per heavy atom. The summed E-state index contributed by atoms with van der Waals surface area (Å²) in [6.07, 6.45) is 0.803. The number of aryl methyl sites for hydroxylation is 1. The largest absolute Gasteiger partial charge is 0.454 e. The summed E-state index contributed by atoms with van der Waals surface area (Å²) in [5, 5.41) is 0. The van der Waals surface area contributed by atoms with E-state index in [0.717, 1.165) is 23.2 Å². The molecular formula is C24H30N4O4. The molecule has 0 saturated carbocycles. The number of amides is 1. The molecule has 2 aromatic carbocycles. The average Bonchev–Trinajstić information content (AvgIpc) is 3.04. The van der Waals surface area contributed by atoms with E-state index in [4.69, 9.17) is 4.74 Å². The molecule has 0 bridgehead atoms. The van der Waals surface area contributed by atoms with Crippen molar-refractivity contribution in [2.75, 3.05) is 32.6 Å². The van der Waals surface area contributed by atoms with Crippen LogP contribution in [0.2, 0.25) is 0 Å². The van der Waals surface area contributed by atoms with Gasteiger partial charge in [0, 0.05) is 39.9 Å². The third-order valence-electron chi connectivity index (χ3n) is 5.31. The first-order chi connectivity index (χ1) is 15.3. The smallest absolute Gasteiger partial charge is 0.329 e. The number of aromatic nitrogens is 2. The van der Waals surface area contributed by atoms with E-state index in [-0.39, 0.29) is 24.7 Å². The first-order valence-electron chi connectivity index (χ1n) is 10.7. The molecule has 0 saturated heterocycles. The number of nitrogens with zero attached hydrogens (tertiary/aromatic N) is 4. The summed E-state index contributed by atoms with van der Waals surface area (Å²) >= 11 is 0. The van der Waals surface area contributed by atoms with Gasteiger partial charge in [0.2, 0.25) is 0 Å². The number of likely N-dealkylation sites (N-methyl/N-ethyl adjacent to an activating group) is 1. The zero-order valence-electron chi connectivity index (χ0n) is 19.1. The predicted molar refractivity (Wildman–Crippen MR) is 125 cm³/mol. The van der Waals surface area contributed by atoms with Crippen LogP contribution in [0.25, 0.3) is 11.0 Å². The predicted octanol–water partition coefficient (Wildman–Crippen LogP) is 2.48. The standard InChI is InChI=1S/C24H30N4O4/c1-5-14-27-20-8-6-7-9-21(20)28(24(27)31)16-23(30)32-17-22(29)26(4)15-18-10-12-19(13-11-18)25(2)3/h6-13H,5,14-17H2,1-4H3. The van der Waals surface area contributed by atoms with Gasteiger partial charge in [0.05, 0.1) is 11.0 Å². The molecule has 1 amide bonds. The van der Waals surface area contributed by atoms with Gasteiger partial charge < -0.3 is 14.5 Å². The Morgan fingerprint density at radius 1 is 0.938 bits per heavy atom. The van der Waals surface area contributed by atoms with E-state index < -0.39 is 5.97 Å². The third-order valence-corrected chi connectivity index (χ3v) is 5.31. The van der Waals surface area contributed by atoms with Crippen LogP contribution < -0.4 is 10.6 Å². The molecule has 170 valence electrons. The van der Waals surface area contributed by atoms with Crippen LogP contribution in [0.5, 0.6) is 0 Å². The Kier molecular flexibility index (Phi) is 7.35. The molecule has 0 fully saturated rings. The highest BCUT2D eigenvalue weighted by Crippen LogP contribution is 2.14. The fourth-order valence-corrected chi connectivity index (χ4v) is 3.55. The minimum atomic E-state index is -0.622. The van der Waals surface area contributed by atoms with Crippen LogP contribution in [0.4, 0.5) is 5.69 Å². The maximum atomic E-state index is 12.8. The molecule has 32 heavy (non-hydrogen) atoms. The molecule has 0 N–H and O–H groups in total. The Balaban J connectivity index is 1.59. The van der Waals surface area contributed by atoms with Gasteiger partial charge in [-0.3, -0.25) is 18.7 Å². The second kappa shape index (κ2) is 10.2. The van der Waals surface area contributed by atoms with Crippen molar-refractivity contribution < 1.29 is 14.3 Å². The fraction of sp³-hybridized carbons (Fsp3) is 0.375. The van der Waals surface area contributed by atoms with Crippen molar-refractivity contribution in [3.05, 3.63) is 64.6 Å². The van der Waals surface area contributed by atoms with Gasteiger partial charge in [-0.05, 0) is 36.2 Å². The molecule has 3 rings (SSSR count). The summed E-state index contributed by atoms with van der Waals surface area (Å²) < 4.78 is 8.24. The highest BCUT2D eigenvalue weighted by molar-refractivity contribution is 5.82. The maximum Gasteiger partial charge on any atom is 0.329 e. The molecule has 0 radical (unpaired) electrons. The highest BCUT2D eigenvalue weighted by atomic mass is 16.5. The number of rotatable bonds is 9. The van der Waals surface area contributed by atoms with Gasteiger partial charge in [-0.15, -0.1) is 0 Å². The van der Waals surface area contributed by atoms with E-state index in [2.05, 4.69) is 0 Å². The molecule has 0 spiro atoms. The van der Waals surface area contributed by atoms with Crippen molar-refractivity contribution in [1.82, 2.24) is 14.0 Å². The Hall–Kier alpha value is -3.55. The molecule has 1 aromatic heterocycles. The first-order valence-corrected chi connectivity index (χ1v) is 10.7. The van der Waals surface area contributed by atoms with Gasteiger partial charge in [0.25, 0.3) is 5.91 Å². The molecule has 0 aliphatic carbocycles. The lowest BCUT2D eigenvalue weighted by molar-refractivity contribution is -0.152. The lowest BCUT2D eigenvalue weighted by Gasteiger charge is -2.18. The van der Waals surface area contributed by atoms with Gasteiger partial charge in [-0.25, -0.2) is 4.79 Å². The summed E-state index contributed by atoms with van der Waals surface area (Å²) in [6, 6.07) is 15.2. The maximum absolute atomic E-state index is 12.8. The van der Waals surface area contributed by atoms with Crippen LogP contribution in [0, 0.1) is 0 Å². The van der Waals surface area contributed by atoms with Crippen molar-refractivity contribution in [1.29, 1.82) is 0 Å². The fourth-order valence-electron chi connectivity index (χ4n) is 3.55. The summed E-state index contributed by atoms with van der Waals surface area (Å²) in [5.41, 5.74) is 3.26. The topological polar surface area (TPSA) is 76.8 Å². The molecule has 3 aromatic rings. The highest BCUT2D eigenvalue weighted by Gasteiger charge is 2.17. The Morgan fingerprint density at radius 2 is 1.56 bits per heavy atom. The van der Waals surface area contributed by atoms with Crippen molar-refractivity contribution >= 4 is 28.6 Å². The molecule has 0 aliphatic rings. The number of hydrogen-bond donors (Lipinski definition) is 0. The van der Waals surface area contributed by atoms with Crippen molar-refractivity contribution in [3.8, 4) is 0 Å². The van der Waals surface area contributed by atoms with E-state index in [1.807, 2.05) is 68.4 Å². The van der Waals surface area contributed by atoms with Gasteiger partial charge in [-0.1, -0.05) is 31.2 Å². The average molecular weight is 439 g/mol. The van der Waals surface area contributed by atoms with Gasteiger partial charge in [0.1, 0.15) is 6.54 Å². The number of carbonyl (C=O) groups is 2. The molecule has 1 heterocycles. The van der Waals surface area contributed by atoms with Crippen LogP contribution in [-0.2, 0) is 34.0 Å². The second-order valence-electron chi connectivity index (χ2n) is 7.98. The van der Waals surface area contributed by atoms with Crippen LogP contribution in [0.3, 0.4) is 0 Å². The number of ether oxygens (including phenoxy) is 1. The van der Waals surface area contributed by atoms with Crippen molar-refractivity contribution in [2.24, 2.45) is 0 Å². The zero-order chi connectivity index (χ0) is 23.3. The molecule has 0 aliphatic heterocycles. The number of para-hydroxylation sites is 2. The number of hydrogen-bond acceptors (Lipinski definition) is 5. The summed E-state index contributed by atoms with van der Waals surface area (Å²) in [6.45, 7) is 2.37. The van der Waals surface area contributed by atoms with Crippen LogP contribution in [0.15, 0.2) is 53.3 Å². The minimum absolute atomic E-state index is 0.237. The van der Waals surface area contributed by atoms with Crippen molar-refractivity contribution in [2.45, 2.75) is 33.0 Å². The van der Waals surface area contributed by atoms with Crippen LogP contribution in [-0.4, -0.2) is 53.7 Å². The van der Waals surface area contributed by atoms with Crippen LogP contribution >= 0.6 is 0 Å².